The van der Waals surface area contributed by atoms with Crippen LogP contribution in [-0.2, 0) is 14.8 Å². The molecular weight excluding hydrogens is 642 g/mol. The van der Waals surface area contributed by atoms with Crippen molar-refractivity contribution >= 4 is 61.7 Å². The zero-order valence-electron chi connectivity index (χ0n) is 21.0. The molecule has 1 aliphatic carbocycles. The highest BCUT2D eigenvalue weighted by atomic mass is 127. The van der Waals surface area contributed by atoms with Crippen LogP contribution in [0.1, 0.15) is 69.0 Å². The zero-order valence-corrected chi connectivity index (χ0v) is 25.5. The number of sulfonamides is 1. The minimum atomic E-state index is -3.44. The van der Waals surface area contributed by atoms with Crippen molar-refractivity contribution in [3.63, 3.8) is 0 Å². The molecule has 1 saturated heterocycles. The highest BCUT2D eigenvalue weighted by molar-refractivity contribution is 14.1. The first-order chi connectivity index (χ1) is 17.5. The third-order valence-electron chi connectivity index (χ3n) is 7.46. The van der Waals surface area contributed by atoms with Gasteiger partial charge in [0.15, 0.2) is 0 Å². The molecule has 9 heteroatoms. The number of benzene rings is 2. The molecule has 2 aromatic rings. The predicted octanol–water partition coefficient (Wildman–Crippen LogP) is 7.05. The number of likely N-dealkylation sites (tertiary alicyclic amines) is 1. The number of hydrogen-bond donors (Lipinski definition) is 1. The van der Waals surface area contributed by atoms with E-state index in [-0.39, 0.29) is 29.2 Å². The maximum absolute atomic E-state index is 14.4. The van der Waals surface area contributed by atoms with Gasteiger partial charge in [-0.15, -0.1) is 6.58 Å². The Hall–Kier alpha value is -1.13. The van der Waals surface area contributed by atoms with Crippen LogP contribution in [0.3, 0.4) is 0 Å². The van der Waals surface area contributed by atoms with Crippen molar-refractivity contribution in [2.75, 3.05) is 0 Å². The van der Waals surface area contributed by atoms with E-state index < -0.39 is 19.5 Å². The molecule has 0 bridgehead atoms. The first-order valence-corrected chi connectivity index (χ1v) is 16.0. The molecule has 2 aliphatic rings. The molecule has 5 nitrogen and oxygen atoms in total. The number of hydrogen-bond acceptors (Lipinski definition) is 3. The van der Waals surface area contributed by atoms with E-state index in [2.05, 4.69) is 40.0 Å². The Morgan fingerprint density at radius 3 is 2.41 bits per heavy atom. The van der Waals surface area contributed by atoms with Gasteiger partial charge < -0.3 is 4.90 Å². The SMILES string of the molecule is C=CC[C@@]1(I)C[C@H](c2cccc(Cl)c2)[C@@H](c2ccc(Cl)cc2)N([C@@H](CC)[C@H](C)NS(=O)(=O)C2CC2)C1=O. The minimum absolute atomic E-state index is 0.00412. The number of piperidine rings is 1. The molecule has 37 heavy (non-hydrogen) atoms. The first kappa shape index (κ1) is 28.9. The van der Waals surface area contributed by atoms with Crippen molar-refractivity contribution < 1.29 is 13.2 Å². The van der Waals surface area contributed by atoms with E-state index in [1.807, 2.05) is 61.2 Å². The normalized spacial score (nSPS) is 26.1. The van der Waals surface area contributed by atoms with E-state index in [1.165, 1.54) is 0 Å². The van der Waals surface area contributed by atoms with Crippen LogP contribution in [0.4, 0.5) is 0 Å². The molecule has 200 valence electrons. The van der Waals surface area contributed by atoms with Crippen molar-refractivity contribution in [3.8, 4) is 0 Å². The van der Waals surface area contributed by atoms with Gasteiger partial charge in [-0.25, -0.2) is 13.1 Å². The van der Waals surface area contributed by atoms with Crippen LogP contribution in [0.2, 0.25) is 10.0 Å². The second-order valence-corrected chi connectivity index (χ2v) is 15.1. The summed E-state index contributed by atoms with van der Waals surface area (Å²) in [4.78, 5) is 16.3. The number of nitrogens with zero attached hydrogens (tertiary/aromatic N) is 1. The average Bonchev–Trinajstić information content (AvgIpc) is 3.69. The molecule has 1 amide bonds. The minimum Gasteiger partial charge on any atom is -0.329 e. The zero-order chi connectivity index (χ0) is 27.0. The van der Waals surface area contributed by atoms with Gasteiger partial charge in [0.1, 0.15) is 3.42 Å². The molecule has 5 atom stereocenters. The summed E-state index contributed by atoms with van der Waals surface area (Å²) in [5.41, 5.74) is 1.99. The lowest BCUT2D eigenvalue weighted by atomic mass is 9.73. The lowest BCUT2D eigenvalue weighted by Crippen LogP contribution is -2.61. The van der Waals surface area contributed by atoms with Gasteiger partial charge in [0.25, 0.3) is 0 Å². The van der Waals surface area contributed by atoms with Crippen LogP contribution < -0.4 is 4.72 Å². The van der Waals surface area contributed by atoms with Crippen LogP contribution in [0.25, 0.3) is 0 Å². The van der Waals surface area contributed by atoms with Crippen LogP contribution >= 0.6 is 45.8 Å². The van der Waals surface area contributed by atoms with Gasteiger partial charge in [-0.2, -0.15) is 0 Å². The van der Waals surface area contributed by atoms with E-state index >= 15 is 0 Å². The number of allylic oxidation sites excluding steroid dienone is 1. The number of alkyl halides is 1. The van der Waals surface area contributed by atoms with Gasteiger partial charge in [-0.05, 0) is 74.4 Å². The highest BCUT2D eigenvalue weighted by Crippen LogP contribution is 2.52. The van der Waals surface area contributed by atoms with Gasteiger partial charge >= 0.3 is 0 Å². The lowest BCUT2D eigenvalue weighted by Gasteiger charge is -2.52. The van der Waals surface area contributed by atoms with Crippen LogP contribution in [0.5, 0.6) is 0 Å². The van der Waals surface area contributed by atoms with Crippen molar-refractivity contribution in [1.82, 2.24) is 9.62 Å². The fourth-order valence-electron chi connectivity index (χ4n) is 5.55. The summed E-state index contributed by atoms with van der Waals surface area (Å²) in [6.45, 7) is 7.80. The topological polar surface area (TPSA) is 66.5 Å². The molecule has 1 saturated carbocycles. The summed E-state index contributed by atoms with van der Waals surface area (Å²) in [7, 11) is -3.44. The van der Waals surface area contributed by atoms with E-state index in [4.69, 9.17) is 23.2 Å². The third-order valence-corrected chi connectivity index (χ3v) is 11.3. The largest absolute Gasteiger partial charge is 0.329 e. The molecule has 2 aromatic carbocycles. The molecule has 0 aromatic heterocycles. The van der Waals surface area contributed by atoms with Gasteiger partial charge in [-0.3, -0.25) is 4.79 Å². The molecular formula is C28H33Cl2IN2O3S. The van der Waals surface area contributed by atoms with Gasteiger partial charge in [0.05, 0.1) is 11.3 Å². The fourth-order valence-corrected chi connectivity index (χ4v) is 8.56. The number of carbonyl (C=O) groups excluding carboxylic acids is 1. The fraction of sp³-hybridized carbons (Fsp3) is 0.464. The Balaban J connectivity index is 1.86. The van der Waals surface area contributed by atoms with Crippen LogP contribution in [-0.4, -0.2) is 40.0 Å². The number of nitrogens with one attached hydrogen (secondary N) is 1. The number of halogens is 3. The smallest absolute Gasteiger partial charge is 0.239 e. The molecule has 1 heterocycles. The second-order valence-electron chi connectivity index (χ2n) is 10.2. The van der Waals surface area contributed by atoms with Gasteiger partial charge in [0, 0.05) is 28.0 Å². The number of carbonyl (C=O) groups is 1. The quantitative estimate of drug-likeness (QED) is 0.167. The lowest BCUT2D eigenvalue weighted by molar-refractivity contribution is -0.144. The molecule has 1 aliphatic heterocycles. The van der Waals surface area contributed by atoms with Gasteiger partial charge in [0.2, 0.25) is 15.9 Å². The Bertz CT molecular complexity index is 1250. The molecule has 0 unspecified atom stereocenters. The Morgan fingerprint density at radius 1 is 1.16 bits per heavy atom. The molecule has 0 spiro atoms. The van der Waals surface area contributed by atoms with Crippen molar-refractivity contribution in [2.45, 2.75) is 78.7 Å². The summed E-state index contributed by atoms with van der Waals surface area (Å²) in [6, 6.07) is 14.3. The standard InChI is InChI=1S/C28H33Cl2IN2O3S/c1-4-15-28(31)17-24(20-7-6-8-22(30)16-20)26(19-9-11-21(29)12-10-19)33(27(28)34)25(5-2)18(3)32-37(35,36)23-13-14-23/h4,6-12,16,18,23-26,32H,1,5,13-15,17H2,2-3H3/t18-,24+,25-,26+,28+/m0/s1. The van der Waals surface area contributed by atoms with E-state index in [1.54, 1.807) is 6.08 Å². The van der Waals surface area contributed by atoms with Crippen LogP contribution in [0.15, 0.2) is 61.2 Å². The molecule has 4 rings (SSSR count). The monoisotopic (exact) mass is 674 g/mol. The molecule has 0 radical (unpaired) electrons. The summed E-state index contributed by atoms with van der Waals surface area (Å²) in [5, 5.41) is 0.917. The van der Waals surface area contributed by atoms with E-state index in [0.29, 0.717) is 42.1 Å². The van der Waals surface area contributed by atoms with Crippen molar-refractivity contribution in [2.24, 2.45) is 0 Å². The summed E-state index contributed by atoms with van der Waals surface area (Å²) in [5.74, 6) is -0.0775. The average molecular weight is 675 g/mol. The predicted molar refractivity (Wildman–Crippen MR) is 160 cm³/mol. The molecule has 1 N–H and O–H groups in total. The highest BCUT2D eigenvalue weighted by Gasteiger charge is 2.53. The maximum atomic E-state index is 14.4. The third kappa shape index (κ3) is 6.21. The van der Waals surface area contributed by atoms with Crippen LogP contribution in [0, 0.1) is 0 Å². The number of amides is 1. The summed E-state index contributed by atoms with van der Waals surface area (Å²) in [6.07, 6.45) is 4.85. The Labute approximate surface area is 244 Å². The number of rotatable bonds is 10. The van der Waals surface area contributed by atoms with Gasteiger partial charge in [-0.1, -0.05) is 83.1 Å². The Kier molecular flexibility index (Phi) is 9.01. The first-order valence-electron chi connectivity index (χ1n) is 12.7. The molecule has 2 fully saturated rings. The second kappa shape index (κ2) is 11.5. The van der Waals surface area contributed by atoms with Crippen molar-refractivity contribution in [3.05, 3.63) is 82.4 Å². The van der Waals surface area contributed by atoms with E-state index in [0.717, 1.165) is 11.1 Å². The summed E-state index contributed by atoms with van der Waals surface area (Å²) < 4.78 is 27.9. The van der Waals surface area contributed by atoms with E-state index in [9.17, 15) is 13.2 Å². The maximum Gasteiger partial charge on any atom is 0.239 e. The van der Waals surface area contributed by atoms with Crippen molar-refractivity contribution in [1.29, 1.82) is 0 Å². The Morgan fingerprint density at radius 2 is 1.84 bits per heavy atom. The summed E-state index contributed by atoms with van der Waals surface area (Å²) >= 11 is 15.0.